The van der Waals surface area contributed by atoms with Crippen LogP contribution in [-0.2, 0) is 9.53 Å². The maximum atomic E-state index is 11.9. The van der Waals surface area contributed by atoms with E-state index in [1.165, 1.54) is 4.90 Å². The molecule has 20 heavy (non-hydrogen) atoms. The molecule has 0 radical (unpaired) electrons. The molecule has 0 spiro atoms. The van der Waals surface area contributed by atoms with E-state index >= 15 is 0 Å². The number of ether oxygens (including phenoxy) is 1. The Morgan fingerprint density at radius 1 is 1.15 bits per heavy atom. The molecule has 1 heterocycles. The minimum atomic E-state index is -4.51. The Morgan fingerprint density at radius 2 is 1.75 bits per heavy atom. The molecule has 0 aromatic carbocycles. The van der Waals surface area contributed by atoms with E-state index in [-0.39, 0.29) is 17.9 Å². The topological polar surface area (TPSA) is 58.6 Å². The van der Waals surface area contributed by atoms with Crippen molar-refractivity contribution in [3.05, 3.63) is 0 Å². The Morgan fingerprint density at radius 3 is 2.25 bits per heavy atom. The molecule has 5 nitrogen and oxygen atoms in total. The number of nitrogens with zero attached hydrogens (tertiary/aromatic N) is 1. The quantitative estimate of drug-likeness (QED) is 0.861. The summed E-state index contributed by atoms with van der Waals surface area (Å²) in [5.74, 6) is 0.174. The summed E-state index contributed by atoms with van der Waals surface area (Å²) >= 11 is 0. The summed E-state index contributed by atoms with van der Waals surface area (Å²) < 4.78 is 40.0. The highest BCUT2D eigenvalue weighted by molar-refractivity contribution is 5.81. The summed E-state index contributed by atoms with van der Waals surface area (Å²) in [4.78, 5) is 24.2. The molecule has 0 atom stereocenters. The van der Waals surface area contributed by atoms with Crippen LogP contribution in [0.5, 0.6) is 0 Å². The first kappa shape index (κ1) is 14.9. The zero-order valence-corrected chi connectivity index (χ0v) is 10.9. The van der Waals surface area contributed by atoms with Gasteiger partial charge in [-0.2, -0.15) is 13.2 Å². The second-order valence-corrected chi connectivity index (χ2v) is 5.21. The first-order chi connectivity index (χ1) is 9.35. The van der Waals surface area contributed by atoms with Crippen molar-refractivity contribution >= 4 is 12.0 Å². The number of piperidine rings is 1. The van der Waals surface area contributed by atoms with Gasteiger partial charge in [-0.15, -0.1) is 0 Å². The molecular formula is C12H17F3N2O3. The minimum Gasteiger partial charge on any atom is -0.440 e. The van der Waals surface area contributed by atoms with Gasteiger partial charge >= 0.3 is 12.3 Å². The molecule has 1 N–H and O–H groups in total. The predicted molar refractivity (Wildman–Crippen MR) is 62.9 cm³/mol. The third-order valence-corrected chi connectivity index (χ3v) is 3.41. The number of alkyl halides is 3. The third-order valence-electron chi connectivity index (χ3n) is 3.41. The number of carbonyl (C=O) groups is 2. The van der Waals surface area contributed by atoms with Gasteiger partial charge in [0.1, 0.15) is 0 Å². The number of nitrogens with one attached hydrogen (secondary N) is 1. The van der Waals surface area contributed by atoms with Crippen LogP contribution in [0.4, 0.5) is 18.0 Å². The molecule has 2 fully saturated rings. The van der Waals surface area contributed by atoms with E-state index < -0.39 is 18.9 Å². The SMILES string of the molecule is O=C(NC1CCN(C(=O)OCC(F)(F)F)CC1)C1CC1. The van der Waals surface area contributed by atoms with Crippen LogP contribution in [0, 0.1) is 5.92 Å². The molecule has 1 saturated heterocycles. The van der Waals surface area contributed by atoms with E-state index in [4.69, 9.17) is 0 Å². The van der Waals surface area contributed by atoms with E-state index in [1.54, 1.807) is 0 Å². The smallest absolute Gasteiger partial charge is 0.422 e. The van der Waals surface area contributed by atoms with Crippen LogP contribution in [0.2, 0.25) is 0 Å². The van der Waals surface area contributed by atoms with Crippen molar-refractivity contribution < 1.29 is 27.5 Å². The number of likely N-dealkylation sites (tertiary alicyclic amines) is 1. The van der Waals surface area contributed by atoms with Crippen molar-refractivity contribution in [1.29, 1.82) is 0 Å². The Kier molecular flexibility index (Phi) is 4.39. The van der Waals surface area contributed by atoms with Gasteiger partial charge < -0.3 is 15.0 Å². The van der Waals surface area contributed by atoms with Crippen LogP contribution in [0.25, 0.3) is 0 Å². The maximum Gasteiger partial charge on any atom is 0.422 e. The van der Waals surface area contributed by atoms with E-state index in [0.29, 0.717) is 25.9 Å². The predicted octanol–water partition coefficient (Wildman–Crippen LogP) is 1.68. The van der Waals surface area contributed by atoms with Gasteiger partial charge in [0.15, 0.2) is 6.61 Å². The van der Waals surface area contributed by atoms with Crippen molar-refractivity contribution in [2.24, 2.45) is 5.92 Å². The second-order valence-electron chi connectivity index (χ2n) is 5.21. The van der Waals surface area contributed by atoms with Crippen LogP contribution in [0.1, 0.15) is 25.7 Å². The van der Waals surface area contributed by atoms with Gasteiger partial charge in [0, 0.05) is 25.0 Å². The normalized spacial score (nSPS) is 20.6. The minimum absolute atomic E-state index is 0.00485. The van der Waals surface area contributed by atoms with Gasteiger partial charge in [-0.3, -0.25) is 4.79 Å². The third kappa shape index (κ3) is 4.57. The molecule has 2 amide bonds. The Hall–Kier alpha value is -1.47. The lowest BCUT2D eigenvalue weighted by Crippen LogP contribution is -2.47. The van der Waals surface area contributed by atoms with Crippen LogP contribution in [0.15, 0.2) is 0 Å². The lowest BCUT2D eigenvalue weighted by atomic mass is 10.1. The van der Waals surface area contributed by atoms with Crippen LogP contribution >= 0.6 is 0 Å². The number of hydrogen-bond acceptors (Lipinski definition) is 3. The van der Waals surface area contributed by atoms with Gasteiger partial charge in [0.25, 0.3) is 0 Å². The van der Waals surface area contributed by atoms with Crippen LogP contribution < -0.4 is 5.32 Å². The molecule has 2 aliphatic rings. The highest BCUT2D eigenvalue weighted by Gasteiger charge is 2.34. The Balaban J connectivity index is 1.67. The lowest BCUT2D eigenvalue weighted by Gasteiger charge is -2.31. The molecular weight excluding hydrogens is 277 g/mol. The summed E-state index contributed by atoms with van der Waals surface area (Å²) in [6, 6.07) is -0.00485. The van der Waals surface area contributed by atoms with Crippen molar-refractivity contribution in [3.8, 4) is 0 Å². The number of halogens is 3. The van der Waals surface area contributed by atoms with Crippen molar-refractivity contribution in [1.82, 2.24) is 10.2 Å². The van der Waals surface area contributed by atoms with Gasteiger partial charge in [-0.25, -0.2) is 4.79 Å². The zero-order valence-electron chi connectivity index (χ0n) is 10.9. The number of amides is 2. The monoisotopic (exact) mass is 294 g/mol. The van der Waals surface area contributed by atoms with Gasteiger partial charge in [-0.05, 0) is 25.7 Å². The molecule has 0 unspecified atom stereocenters. The van der Waals surface area contributed by atoms with Gasteiger partial charge in [0.2, 0.25) is 5.91 Å². The van der Waals surface area contributed by atoms with Crippen molar-refractivity contribution in [3.63, 3.8) is 0 Å². The second kappa shape index (κ2) is 5.88. The lowest BCUT2D eigenvalue weighted by molar-refractivity contribution is -0.162. The standard InChI is InChI=1S/C12H17F3N2O3/c13-12(14,15)7-20-11(19)17-5-3-9(4-6-17)16-10(18)8-1-2-8/h8-9H,1-7H2,(H,16,18). The number of hydrogen-bond donors (Lipinski definition) is 1. The average Bonchev–Trinajstić information content (AvgIpc) is 3.20. The fourth-order valence-electron chi connectivity index (χ4n) is 2.11. The van der Waals surface area contributed by atoms with Crippen molar-refractivity contribution in [2.45, 2.75) is 37.9 Å². The summed E-state index contributed by atoms with van der Waals surface area (Å²) in [5, 5.41) is 2.90. The Labute approximate surface area is 114 Å². The molecule has 0 bridgehead atoms. The fraction of sp³-hybridized carbons (Fsp3) is 0.833. The highest BCUT2D eigenvalue weighted by atomic mass is 19.4. The molecule has 1 aliphatic carbocycles. The van der Waals surface area contributed by atoms with E-state index in [9.17, 15) is 22.8 Å². The summed E-state index contributed by atoms with van der Waals surface area (Å²) in [6.07, 6.45) is -2.52. The van der Waals surface area contributed by atoms with E-state index in [2.05, 4.69) is 10.1 Å². The Bertz CT molecular complexity index is 375. The molecule has 1 saturated carbocycles. The number of carbonyl (C=O) groups excluding carboxylic acids is 2. The average molecular weight is 294 g/mol. The number of rotatable bonds is 3. The summed E-state index contributed by atoms with van der Waals surface area (Å²) in [7, 11) is 0. The summed E-state index contributed by atoms with van der Waals surface area (Å²) in [5.41, 5.74) is 0. The molecule has 114 valence electrons. The molecule has 2 rings (SSSR count). The highest BCUT2D eigenvalue weighted by Crippen LogP contribution is 2.29. The largest absolute Gasteiger partial charge is 0.440 e. The van der Waals surface area contributed by atoms with Crippen LogP contribution in [-0.4, -0.2) is 48.8 Å². The molecule has 0 aromatic rings. The van der Waals surface area contributed by atoms with E-state index in [0.717, 1.165) is 12.8 Å². The van der Waals surface area contributed by atoms with Crippen molar-refractivity contribution in [2.75, 3.05) is 19.7 Å². The molecule has 1 aliphatic heterocycles. The molecule has 0 aromatic heterocycles. The fourth-order valence-corrected chi connectivity index (χ4v) is 2.11. The van der Waals surface area contributed by atoms with Gasteiger partial charge in [0.05, 0.1) is 0 Å². The van der Waals surface area contributed by atoms with Gasteiger partial charge in [-0.1, -0.05) is 0 Å². The first-order valence-corrected chi connectivity index (χ1v) is 6.64. The maximum absolute atomic E-state index is 11.9. The van der Waals surface area contributed by atoms with Crippen LogP contribution in [0.3, 0.4) is 0 Å². The molecule has 8 heteroatoms. The first-order valence-electron chi connectivity index (χ1n) is 6.64. The zero-order chi connectivity index (χ0) is 14.8. The summed E-state index contributed by atoms with van der Waals surface area (Å²) in [6.45, 7) is -0.969. The van der Waals surface area contributed by atoms with E-state index in [1.807, 2.05) is 0 Å².